The van der Waals surface area contributed by atoms with Gasteiger partial charge in [-0.1, -0.05) is 219 Å². The van der Waals surface area contributed by atoms with Gasteiger partial charge in [0.05, 0.1) is 18.8 Å². The largest absolute Gasteiger partial charge is 0.394 e. The molecular weight excluding hydrogens is 602 g/mol. The minimum atomic E-state index is -0.676. The Morgan fingerprint density at radius 1 is 0.469 bits per heavy atom. The second-order valence-electron chi connectivity index (χ2n) is 15.5. The van der Waals surface area contributed by atoms with Crippen LogP contribution in [0, 0.1) is 0 Å². The molecule has 0 aromatic rings. The number of aliphatic hydroxyl groups excluding tert-OH is 2. The fourth-order valence-electron chi connectivity index (χ4n) is 7.06. The van der Waals surface area contributed by atoms with Crippen LogP contribution in [0.3, 0.4) is 0 Å². The van der Waals surface area contributed by atoms with Crippen LogP contribution in [0.4, 0.5) is 0 Å². The van der Waals surface area contributed by atoms with Gasteiger partial charge < -0.3 is 15.5 Å². The number of nitrogens with one attached hydrogen (secondary N) is 1. The molecule has 2 atom stereocenters. The van der Waals surface area contributed by atoms with Crippen LogP contribution in [-0.4, -0.2) is 34.9 Å². The topological polar surface area (TPSA) is 69.6 Å². The first-order valence-corrected chi connectivity index (χ1v) is 22.4. The maximum Gasteiger partial charge on any atom is 0.220 e. The van der Waals surface area contributed by atoms with Crippen molar-refractivity contribution in [3.05, 3.63) is 12.2 Å². The van der Waals surface area contributed by atoms with Crippen LogP contribution in [0.25, 0.3) is 0 Å². The number of hydrogen-bond donors (Lipinski definition) is 3. The van der Waals surface area contributed by atoms with Crippen LogP contribution in [-0.2, 0) is 4.79 Å². The van der Waals surface area contributed by atoms with E-state index in [0.717, 1.165) is 32.1 Å². The predicted octanol–water partition coefficient (Wildman–Crippen LogP) is 13.9. The lowest BCUT2D eigenvalue weighted by atomic mass is 10.0. The van der Waals surface area contributed by atoms with Crippen molar-refractivity contribution in [2.24, 2.45) is 0 Å². The van der Waals surface area contributed by atoms with Crippen molar-refractivity contribution < 1.29 is 15.0 Å². The number of carbonyl (C=O) groups excluding carboxylic acids is 1. The van der Waals surface area contributed by atoms with Crippen molar-refractivity contribution >= 4 is 5.91 Å². The summed E-state index contributed by atoms with van der Waals surface area (Å²) in [4.78, 5) is 12.4. The molecule has 0 unspecified atom stereocenters. The third-order valence-corrected chi connectivity index (χ3v) is 10.5. The van der Waals surface area contributed by atoms with E-state index in [9.17, 15) is 15.0 Å². The van der Waals surface area contributed by atoms with Gasteiger partial charge in [0.1, 0.15) is 0 Å². The van der Waals surface area contributed by atoms with Crippen LogP contribution in [0.1, 0.15) is 251 Å². The molecule has 0 aromatic heterocycles. The summed E-state index contributed by atoms with van der Waals surface area (Å²) in [6, 6.07) is -0.547. The number of allylic oxidation sites excluding steroid dienone is 2. The van der Waals surface area contributed by atoms with Crippen molar-refractivity contribution in [2.45, 2.75) is 264 Å². The van der Waals surface area contributed by atoms with Crippen LogP contribution >= 0.6 is 0 Å². The molecular formula is C45H89NO3. The summed E-state index contributed by atoms with van der Waals surface area (Å²) in [5, 5.41) is 23.1. The molecule has 0 saturated heterocycles. The first kappa shape index (κ1) is 48.1. The van der Waals surface area contributed by atoms with Crippen molar-refractivity contribution in [2.75, 3.05) is 6.61 Å². The zero-order valence-corrected chi connectivity index (χ0v) is 33.5. The summed E-state index contributed by atoms with van der Waals surface area (Å²) in [5.41, 5.74) is 0. The first-order valence-electron chi connectivity index (χ1n) is 22.4. The summed E-state index contributed by atoms with van der Waals surface area (Å²) in [6.07, 6.45) is 51.5. The average molecular weight is 692 g/mol. The van der Waals surface area contributed by atoms with Gasteiger partial charge in [0.15, 0.2) is 0 Å². The minimum absolute atomic E-state index is 0.0364. The smallest absolute Gasteiger partial charge is 0.220 e. The second-order valence-corrected chi connectivity index (χ2v) is 15.5. The Bertz CT molecular complexity index is 666. The monoisotopic (exact) mass is 692 g/mol. The van der Waals surface area contributed by atoms with Crippen LogP contribution < -0.4 is 5.32 Å². The van der Waals surface area contributed by atoms with Gasteiger partial charge in [-0.05, 0) is 38.5 Å². The molecule has 4 nitrogen and oxygen atoms in total. The predicted molar refractivity (Wildman–Crippen MR) is 216 cm³/mol. The van der Waals surface area contributed by atoms with Crippen molar-refractivity contribution in [1.82, 2.24) is 5.32 Å². The minimum Gasteiger partial charge on any atom is -0.394 e. The van der Waals surface area contributed by atoms with Gasteiger partial charge in [-0.15, -0.1) is 0 Å². The molecule has 0 aliphatic rings. The zero-order chi connectivity index (χ0) is 35.7. The maximum atomic E-state index is 12.4. The van der Waals surface area contributed by atoms with Gasteiger partial charge in [-0.25, -0.2) is 0 Å². The Balaban J connectivity index is 3.49. The Morgan fingerprint density at radius 2 is 0.776 bits per heavy atom. The van der Waals surface area contributed by atoms with E-state index in [1.165, 1.54) is 193 Å². The van der Waals surface area contributed by atoms with Crippen LogP contribution in [0.5, 0.6) is 0 Å². The molecule has 0 aromatic carbocycles. The highest BCUT2D eigenvalue weighted by Gasteiger charge is 2.19. The lowest BCUT2D eigenvalue weighted by Gasteiger charge is -2.22. The van der Waals surface area contributed by atoms with E-state index >= 15 is 0 Å². The van der Waals surface area contributed by atoms with Gasteiger partial charge in [-0.3, -0.25) is 4.79 Å². The number of unbranched alkanes of at least 4 members (excludes halogenated alkanes) is 32. The van der Waals surface area contributed by atoms with E-state index < -0.39 is 12.1 Å². The first-order chi connectivity index (χ1) is 24.2. The van der Waals surface area contributed by atoms with Gasteiger partial charge in [0.25, 0.3) is 0 Å². The van der Waals surface area contributed by atoms with Gasteiger partial charge in [-0.2, -0.15) is 0 Å². The molecule has 0 heterocycles. The fourth-order valence-corrected chi connectivity index (χ4v) is 7.06. The summed E-state index contributed by atoms with van der Waals surface area (Å²) < 4.78 is 0. The SMILES string of the molecule is CCCCCCCCCCC/C=C/CCCC[C@@H](O)[C@H](CO)NC(=O)CCCCCCCCCCCCCCCCCCCCCCCC. The Morgan fingerprint density at radius 3 is 1.12 bits per heavy atom. The molecule has 0 fully saturated rings. The standard InChI is InChI=1S/C45H89NO3/c1-3-5-7-9-11-13-15-17-19-20-21-22-23-24-25-27-29-31-33-35-37-39-41-45(49)46-43(42-47)44(48)40-38-36-34-32-30-28-26-18-16-14-12-10-8-6-4-2/h30,32,43-44,47-48H,3-29,31,33-42H2,1-2H3,(H,46,49)/b32-30+/t43-,44+/m0/s1. The van der Waals surface area contributed by atoms with Gasteiger partial charge in [0.2, 0.25) is 5.91 Å². The zero-order valence-electron chi connectivity index (χ0n) is 33.5. The van der Waals surface area contributed by atoms with Gasteiger partial charge in [0, 0.05) is 6.42 Å². The van der Waals surface area contributed by atoms with E-state index in [2.05, 4.69) is 31.3 Å². The Hall–Kier alpha value is -0.870. The van der Waals surface area contributed by atoms with E-state index in [0.29, 0.717) is 12.8 Å². The summed E-state index contributed by atoms with van der Waals surface area (Å²) >= 11 is 0. The second kappa shape index (κ2) is 41.5. The summed E-state index contributed by atoms with van der Waals surface area (Å²) in [5.74, 6) is -0.0364. The highest BCUT2D eigenvalue weighted by molar-refractivity contribution is 5.76. The van der Waals surface area contributed by atoms with Crippen LogP contribution in [0.2, 0.25) is 0 Å². The molecule has 292 valence electrons. The summed E-state index contributed by atoms with van der Waals surface area (Å²) in [6.45, 7) is 4.36. The summed E-state index contributed by atoms with van der Waals surface area (Å²) in [7, 11) is 0. The molecule has 0 rings (SSSR count). The van der Waals surface area contributed by atoms with Crippen LogP contribution in [0.15, 0.2) is 12.2 Å². The van der Waals surface area contributed by atoms with E-state index in [4.69, 9.17) is 0 Å². The molecule has 0 radical (unpaired) electrons. The third-order valence-electron chi connectivity index (χ3n) is 10.5. The quantitative estimate of drug-likeness (QED) is 0.0441. The molecule has 4 heteroatoms. The Kier molecular flexibility index (Phi) is 40.8. The van der Waals surface area contributed by atoms with Gasteiger partial charge >= 0.3 is 0 Å². The normalized spacial score (nSPS) is 13.0. The molecule has 0 bridgehead atoms. The lowest BCUT2D eigenvalue weighted by Crippen LogP contribution is -2.45. The number of rotatable bonds is 41. The molecule has 0 aliphatic carbocycles. The number of carbonyl (C=O) groups is 1. The van der Waals surface area contributed by atoms with Crippen molar-refractivity contribution in [1.29, 1.82) is 0 Å². The molecule has 0 aliphatic heterocycles. The number of aliphatic hydroxyl groups is 2. The molecule has 49 heavy (non-hydrogen) atoms. The lowest BCUT2D eigenvalue weighted by molar-refractivity contribution is -0.123. The molecule has 1 amide bonds. The van der Waals surface area contributed by atoms with Crippen molar-refractivity contribution in [3.63, 3.8) is 0 Å². The fraction of sp³-hybridized carbons (Fsp3) is 0.933. The van der Waals surface area contributed by atoms with E-state index in [1.807, 2.05) is 0 Å². The van der Waals surface area contributed by atoms with E-state index in [1.54, 1.807) is 0 Å². The average Bonchev–Trinajstić information content (AvgIpc) is 3.10. The molecule has 0 saturated carbocycles. The third kappa shape index (κ3) is 38.2. The van der Waals surface area contributed by atoms with E-state index in [-0.39, 0.29) is 12.5 Å². The number of hydrogen-bond acceptors (Lipinski definition) is 3. The molecule has 3 N–H and O–H groups in total. The Labute approximate surface area is 307 Å². The maximum absolute atomic E-state index is 12.4. The van der Waals surface area contributed by atoms with Crippen molar-refractivity contribution in [3.8, 4) is 0 Å². The highest BCUT2D eigenvalue weighted by Crippen LogP contribution is 2.16. The highest BCUT2D eigenvalue weighted by atomic mass is 16.3. The molecule has 0 spiro atoms. The number of amides is 1.